The van der Waals surface area contributed by atoms with Gasteiger partial charge >= 0.3 is 0 Å². The molecule has 2 nitrogen and oxygen atoms in total. The largest absolute Gasteiger partial charge is 0.350 e. The highest BCUT2D eigenvalue weighted by Gasteiger charge is 2.33. The lowest BCUT2D eigenvalue weighted by atomic mass is 10.2. The van der Waals surface area contributed by atoms with Gasteiger partial charge in [-0.25, -0.2) is 0 Å². The average Bonchev–Trinajstić information content (AvgIpc) is 2.61. The molecule has 2 aliphatic rings. The van der Waals surface area contributed by atoms with Crippen LogP contribution in [-0.2, 0) is 4.79 Å². The first-order valence-corrected chi connectivity index (χ1v) is 5.25. The van der Waals surface area contributed by atoms with Crippen LogP contribution in [0.25, 0.3) is 0 Å². The molecule has 0 saturated heterocycles. The lowest BCUT2D eigenvalue weighted by Gasteiger charge is -1.99. The Morgan fingerprint density at radius 1 is 1.46 bits per heavy atom. The minimum Gasteiger partial charge on any atom is -0.350 e. The zero-order valence-corrected chi connectivity index (χ0v) is 8.18. The topological polar surface area (TPSA) is 29.1 Å². The van der Waals surface area contributed by atoms with E-state index in [4.69, 9.17) is 0 Å². The van der Waals surface area contributed by atoms with Gasteiger partial charge in [0, 0.05) is 12.1 Å². The highest BCUT2D eigenvalue weighted by atomic mass is 16.1. The molecule has 2 atom stereocenters. The third-order valence-corrected chi connectivity index (χ3v) is 3.02. The highest BCUT2D eigenvalue weighted by molar-refractivity contribution is 5.88. The molecule has 0 aromatic rings. The molecule has 0 aromatic carbocycles. The quantitative estimate of drug-likeness (QED) is 0.645. The fourth-order valence-corrected chi connectivity index (χ4v) is 1.91. The SMILES string of the molecule is CC1CC1NC(=O)C=C1CCCC1. The van der Waals surface area contributed by atoms with Gasteiger partial charge in [-0.05, 0) is 38.0 Å². The maximum absolute atomic E-state index is 11.4. The zero-order chi connectivity index (χ0) is 9.26. The normalized spacial score (nSPS) is 31.6. The molecule has 2 saturated carbocycles. The van der Waals surface area contributed by atoms with Crippen molar-refractivity contribution in [2.24, 2.45) is 5.92 Å². The smallest absolute Gasteiger partial charge is 0.244 e. The first-order chi connectivity index (χ1) is 6.25. The van der Waals surface area contributed by atoms with Crippen LogP contribution in [0.1, 0.15) is 39.0 Å². The molecule has 2 rings (SSSR count). The summed E-state index contributed by atoms with van der Waals surface area (Å²) in [4.78, 5) is 11.4. The Morgan fingerprint density at radius 2 is 2.08 bits per heavy atom. The molecule has 0 bridgehead atoms. The summed E-state index contributed by atoms with van der Waals surface area (Å²) in [6, 6.07) is 0.464. The summed E-state index contributed by atoms with van der Waals surface area (Å²) in [7, 11) is 0. The molecule has 0 spiro atoms. The monoisotopic (exact) mass is 179 g/mol. The van der Waals surface area contributed by atoms with Crippen molar-refractivity contribution in [2.75, 3.05) is 0 Å². The summed E-state index contributed by atoms with van der Waals surface area (Å²) in [5, 5.41) is 3.02. The van der Waals surface area contributed by atoms with Crippen LogP contribution in [0.5, 0.6) is 0 Å². The van der Waals surface area contributed by atoms with E-state index in [-0.39, 0.29) is 5.91 Å². The second kappa shape index (κ2) is 3.52. The van der Waals surface area contributed by atoms with Crippen molar-refractivity contribution in [3.05, 3.63) is 11.6 Å². The minimum absolute atomic E-state index is 0.131. The van der Waals surface area contributed by atoms with Gasteiger partial charge < -0.3 is 5.32 Å². The molecule has 2 fully saturated rings. The van der Waals surface area contributed by atoms with Crippen LogP contribution in [0.15, 0.2) is 11.6 Å². The Bertz CT molecular complexity index is 236. The Hall–Kier alpha value is -0.790. The summed E-state index contributed by atoms with van der Waals surface area (Å²) in [5.41, 5.74) is 1.34. The lowest BCUT2D eigenvalue weighted by Crippen LogP contribution is -2.24. The van der Waals surface area contributed by atoms with Crippen LogP contribution in [0.3, 0.4) is 0 Å². The van der Waals surface area contributed by atoms with Crippen LogP contribution in [0.2, 0.25) is 0 Å². The molecule has 0 aliphatic heterocycles. The molecule has 13 heavy (non-hydrogen) atoms. The van der Waals surface area contributed by atoms with Gasteiger partial charge in [0.1, 0.15) is 0 Å². The number of nitrogens with one attached hydrogen (secondary N) is 1. The molecular weight excluding hydrogens is 162 g/mol. The molecule has 0 heterocycles. The van der Waals surface area contributed by atoms with Crippen molar-refractivity contribution in [3.63, 3.8) is 0 Å². The third-order valence-electron chi connectivity index (χ3n) is 3.02. The highest BCUT2D eigenvalue weighted by Crippen LogP contribution is 2.29. The molecule has 1 amide bonds. The van der Waals surface area contributed by atoms with Gasteiger partial charge in [-0.2, -0.15) is 0 Å². The minimum atomic E-state index is 0.131. The van der Waals surface area contributed by atoms with Gasteiger partial charge in [0.05, 0.1) is 0 Å². The van der Waals surface area contributed by atoms with Crippen molar-refractivity contribution >= 4 is 5.91 Å². The molecule has 2 aliphatic carbocycles. The fraction of sp³-hybridized carbons (Fsp3) is 0.727. The maximum atomic E-state index is 11.4. The summed E-state index contributed by atoms with van der Waals surface area (Å²) in [6.45, 7) is 2.17. The number of allylic oxidation sites excluding steroid dienone is 1. The van der Waals surface area contributed by atoms with E-state index in [2.05, 4.69) is 12.2 Å². The second-order valence-corrected chi connectivity index (χ2v) is 4.34. The summed E-state index contributed by atoms with van der Waals surface area (Å²) < 4.78 is 0. The van der Waals surface area contributed by atoms with E-state index in [1.165, 1.54) is 18.4 Å². The van der Waals surface area contributed by atoms with Crippen molar-refractivity contribution in [3.8, 4) is 0 Å². The van der Waals surface area contributed by atoms with Crippen molar-refractivity contribution in [1.82, 2.24) is 5.32 Å². The number of amides is 1. The second-order valence-electron chi connectivity index (χ2n) is 4.34. The Balaban J connectivity index is 1.80. The molecule has 1 N–H and O–H groups in total. The van der Waals surface area contributed by atoms with Gasteiger partial charge in [0.25, 0.3) is 0 Å². The average molecular weight is 179 g/mol. The van der Waals surface area contributed by atoms with Crippen LogP contribution in [0.4, 0.5) is 0 Å². The number of rotatable bonds is 2. The van der Waals surface area contributed by atoms with Gasteiger partial charge in [-0.1, -0.05) is 12.5 Å². The summed E-state index contributed by atoms with van der Waals surface area (Å²) in [5.74, 6) is 0.831. The third kappa shape index (κ3) is 2.33. The van der Waals surface area contributed by atoms with Crippen LogP contribution < -0.4 is 5.32 Å². The first kappa shape index (κ1) is 8.79. The number of hydrogen-bond acceptors (Lipinski definition) is 1. The van der Waals surface area contributed by atoms with E-state index in [1.807, 2.05) is 6.08 Å². The van der Waals surface area contributed by atoms with E-state index in [0.29, 0.717) is 12.0 Å². The predicted octanol–water partition coefficient (Wildman–Crippen LogP) is 2.01. The zero-order valence-electron chi connectivity index (χ0n) is 8.18. The van der Waals surface area contributed by atoms with E-state index < -0.39 is 0 Å². The fourth-order valence-electron chi connectivity index (χ4n) is 1.91. The van der Waals surface area contributed by atoms with Crippen molar-refractivity contribution in [1.29, 1.82) is 0 Å². The Morgan fingerprint density at radius 3 is 2.62 bits per heavy atom. The number of carbonyl (C=O) groups is 1. The molecule has 2 unspecified atom stereocenters. The Kier molecular flexibility index (Phi) is 2.38. The molecule has 2 heteroatoms. The predicted molar refractivity (Wildman–Crippen MR) is 52.3 cm³/mol. The van der Waals surface area contributed by atoms with Crippen molar-refractivity contribution < 1.29 is 4.79 Å². The lowest BCUT2D eigenvalue weighted by molar-refractivity contribution is -0.116. The maximum Gasteiger partial charge on any atom is 0.244 e. The van der Waals surface area contributed by atoms with Crippen molar-refractivity contribution in [2.45, 2.75) is 45.1 Å². The molecular formula is C11H17NO. The van der Waals surface area contributed by atoms with Gasteiger partial charge in [-0.15, -0.1) is 0 Å². The standard InChI is InChI=1S/C11H17NO/c1-8-6-10(8)12-11(13)7-9-4-2-3-5-9/h7-8,10H,2-6H2,1H3,(H,12,13). The van der Waals surface area contributed by atoms with Gasteiger partial charge in [0.15, 0.2) is 0 Å². The van der Waals surface area contributed by atoms with Crippen LogP contribution in [0, 0.1) is 5.92 Å². The van der Waals surface area contributed by atoms with Gasteiger partial charge in [-0.3, -0.25) is 4.79 Å². The van der Waals surface area contributed by atoms with Crippen LogP contribution in [-0.4, -0.2) is 11.9 Å². The van der Waals surface area contributed by atoms with E-state index in [9.17, 15) is 4.79 Å². The van der Waals surface area contributed by atoms with E-state index in [1.54, 1.807) is 0 Å². The molecule has 0 aromatic heterocycles. The Labute approximate surface area is 79.4 Å². The summed E-state index contributed by atoms with van der Waals surface area (Å²) in [6.07, 6.45) is 7.77. The molecule has 0 radical (unpaired) electrons. The van der Waals surface area contributed by atoms with Gasteiger partial charge in [0.2, 0.25) is 5.91 Å². The number of hydrogen-bond donors (Lipinski definition) is 1. The van der Waals surface area contributed by atoms with Crippen LogP contribution >= 0.6 is 0 Å². The summed E-state index contributed by atoms with van der Waals surface area (Å²) >= 11 is 0. The van der Waals surface area contributed by atoms with E-state index in [0.717, 1.165) is 19.3 Å². The van der Waals surface area contributed by atoms with E-state index >= 15 is 0 Å². The number of carbonyl (C=O) groups excluding carboxylic acids is 1. The molecule has 72 valence electrons. The first-order valence-electron chi connectivity index (χ1n) is 5.25.